The number of amides is 1. The number of aliphatic carboxylic acids is 1. The van der Waals surface area contributed by atoms with E-state index in [9.17, 15) is 9.59 Å². The van der Waals surface area contributed by atoms with Crippen LogP contribution < -0.4 is 5.32 Å². The predicted octanol–water partition coefficient (Wildman–Crippen LogP) is 1.67. The van der Waals surface area contributed by atoms with Crippen LogP contribution in [0.3, 0.4) is 0 Å². The van der Waals surface area contributed by atoms with Crippen molar-refractivity contribution in [2.45, 2.75) is 39.5 Å². The molecule has 1 amide bonds. The summed E-state index contributed by atoms with van der Waals surface area (Å²) in [5.74, 6) is 0.672. The molecule has 0 radical (unpaired) electrons. The number of nitrogens with one attached hydrogen (secondary N) is 1. The molecule has 1 fully saturated rings. The minimum absolute atomic E-state index is 0.0844. The summed E-state index contributed by atoms with van der Waals surface area (Å²) in [5, 5.41) is 11.2. The zero-order valence-electron chi connectivity index (χ0n) is 11.9. The fourth-order valence-electron chi connectivity index (χ4n) is 2.60. The number of carbonyl (C=O) groups is 2. The maximum atomic E-state index is 11.9. The normalized spacial score (nSPS) is 23.3. The molecule has 1 aliphatic rings. The summed E-state index contributed by atoms with van der Waals surface area (Å²) < 4.78 is 4.87. The van der Waals surface area contributed by atoms with Crippen LogP contribution in [-0.2, 0) is 14.3 Å². The SMILES string of the molecule is CC(C)C1CCC(C(=O)NCCOCC(=O)O)CC1. The molecule has 19 heavy (non-hydrogen) atoms. The van der Waals surface area contributed by atoms with Gasteiger partial charge in [-0.1, -0.05) is 13.8 Å². The van der Waals surface area contributed by atoms with Crippen molar-refractivity contribution in [3.63, 3.8) is 0 Å². The van der Waals surface area contributed by atoms with Crippen LogP contribution in [-0.4, -0.2) is 36.7 Å². The van der Waals surface area contributed by atoms with Gasteiger partial charge in [-0.3, -0.25) is 4.79 Å². The third-order valence-corrected chi connectivity index (χ3v) is 3.86. The average molecular weight is 271 g/mol. The highest BCUT2D eigenvalue weighted by atomic mass is 16.5. The van der Waals surface area contributed by atoms with Crippen molar-refractivity contribution in [3.05, 3.63) is 0 Å². The van der Waals surface area contributed by atoms with Gasteiger partial charge in [-0.15, -0.1) is 0 Å². The van der Waals surface area contributed by atoms with E-state index in [0.29, 0.717) is 12.5 Å². The molecule has 0 aromatic rings. The van der Waals surface area contributed by atoms with Crippen LogP contribution in [0, 0.1) is 17.8 Å². The molecule has 0 atom stereocenters. The zero-order chi connectivity index (χ0) is 14.3. The summed E-state index contributed by atoms with van der Waals surface area (Å²) >= 11 is 0. The highest BCUT2D eigenvalue weighted by Gasteiger charge is 2.27. The molecule has 0 saturated heterocycles. The summed E-state index contributed by atoms with van der Waals surface area (Å²) in [6.45, 7) is 4.81. The van der Waals surface area contributed by atoms with Gasteiger partial charge in [0.25, 0.3) is 0 Å². The first kappa shape index (κ1) is 16.0. The third kappa shape index (κ3) is 6.05. The second-order valence-electron chi connectivity index (χ2n) is 5.59. The summed E-state index contributed by atoms with van der Waals surface area (Å²) in [7, 11) is 0. The molecule has 2 N–H and O–H groups in total. The van der Waals surface area contributed by atoms with Crippen molar-refractivity contribution >= 4 is 11.9 Å². The molecule has 1 saturated carbocycles. The van der Waals surface area contributed by atoms with Gasteiger partial charge in [0.05, 0.1) is 6.61 Å². The Hall–Kier alpha value is -1.10. The average Bonchev–Trinajstić information content (AvgIpc) is 2.37. The second-order valence-corrected chi connectivity index (χ2v) is 5.59. The highest BCUT2D eigenvalue weighted by Crippen LogP contribution is 2.33. The number of ether oxygens (including phenoxy) is 1. The highest BCUT2D eigenvalue weighted by molar-refractivity contribution is 5.78. The van der Waals surface area contributed by atoms with Gasteiger partial charge in [0.15, 0.2) is 0 Å². The van der Waals surface area contributed by atoms with Gasteiger partial charge in [0.2, 0.25) is 5.91 Å². The first-order valence-corrected chi connectivity index (χ1v) is 7.08. The molecule has 1 aliphatic carbocycles. The molecule has 0 aromatic carbocycles. The lowest BCUT2D eigenvalue weighted by molar-refractivity contribution is -0.142. The molecule has 5 heteroatoms. The Morgan fingerprint density at radius 3 is 2.42 bits per heavy atom. The van der Waals surface area contributed by atoms with Crippen LogP contribution in [0.4, 0.5) is 0 Å². The van der Waals surface area contributed by atoms with E-state index in [1.165, 1.54) is 0 Å². The molecular formula is C14H25NO4. The summed E-state index contributed by atoms with van der Waals surface area (Å²) in [6, 6.07) is 0. The largest absolute Gasteiger partial charge is 0.480 e. The van der Waals surface area contributed by atoms with Crippen molar-refractivity contribution in [1.29, 1.82) is 0 Å². The minimum Gasteiger partial charge on any atom is -0.480 e. The van der Waals surface area contributed by atoms with E-state index in [1.54, 1.807) is 0 Å². The molecule has 0 bridgehead atoms. The quantitative estimate of drug-likeness (QED) is 0.691. The Morgan fingerprint density at radius 1 is 1.26 bits per heavy atom. The van der Waals surface area contributed by atoms with E-state index in [1.807, 2.05) is 0 Å². The standard InChI is InChI=1S/C14H25NO4/c1-10(2)11-3-5-12(6-4-11)14(18)15-7-8-19-9-13(16)17/h10-12H,3-9H2,1-2H3,(H,15,18)(H,16,17). The molecule has 0 aromatic heterocycles. The second kappa shape index (κ2) is 8.15. The minimum atomic E-state index is -0.988. The number of carboxylic acid groups (broad SMARTS) is 1. The Labute approximate surface area is 114 Å². The van der Waals surface area contributed by atoms with E-state index in [2.05, 4.69) is 19.2 Å². The van der Waals surface area contributed by atoms with Crippen molar-refractivity contribution in [2.75, 3.05) is 19.8 Å². The van der Waals surface area contributed by atoms with Gasteiger partial charge in [0.1, 0.15) is 6.61 Å². The molecule has 110 valence electrons. The van der Waals surface area contributed by atoms with E-state index >= 15 is 0 Å². The van der Waals surface area contributed by atoms with Crippen LogP contribution in [0.5, 0.6) is 0 Å². The monoisotopic (exact) mass is 271 g/mol. The fraction of sp³-hybridized carbons (Fsp3) is 0.857. The Bertz CT molecular complexity index is 296. The van der Waals surface area contributed by atoms with Crippen molar-refractivity contribution in [3.8, 4) is 0 Å². The smallest absolute Gasteiger partial charge is 0.329 e. The van der Waals surface area contributed by atoms with E-state index in [0.717, 1.165) is 31.6 Å². The first-order valence-electron chi connectivity index (χ1n) is 7.08. The molecule has 5 nitrogen and oxygen atoms in total. The van der Waals surface area contributed by atoms with Gasteiger partial charge < -0.3 is 15.2 Å². The molecular weight excluding hydrogens is 246 g/mol. The van der Waals surface area contributed by atoms with Gasteiger partial charge >= 0.3 is 5.97 Å². The fourth-order valence-corrected chi connectivity index (χ4v) is 2.60. The third-order valence-electron chi connectivity index (χ3n) is 3.86. The van der Waals surface area contributed by atoms with Crippen molar-refractivity contribution < 1.29 is 19.4 Å². The summed E-state index contributed by atoms with van der Waals surface area (Å²) in [4.78, 5) is 22.1. The summed E-state index contributed by atoms with van der Waals surface area (Å²) in [5.41, 5.74) is 0. The lowest BCUT2D eigenvalue weighted by Crippen LogP contribution is -2.35. The topological polar surface area (TPSA) is 75.6 Å². The first-order chi connectivity index (χ1) is 9.00. The van der Waals surface area contributed by atoms with E-state index in [4.69, 9.17) is 9.84 Å². The van der Waals surface area contributed by atoms with Crippen LogP contribution in [0.1, 0.15) is 39.5 Å². The number of carboxylic acids is 1. The number of carbonyl (C=O) groups excluding carboxylic acids is 1. The van der Waals surface area contributed by atoms with E-state index in [-0.39, 0.29) is 25.0 Å². The van der Waals surface area contributed by atoms with Crippen molar-refractivity contribution in [1.82, 2.24) is 5.32 Å². The van der Waals surface area contributed by atoms with Gasteiger partial charge in [-0.2, -0.15) is 0 Å². The molecule has 0 aliphatic heterocycles. The molecule has 0 heterocycles. The summed E-state index contributed by atoms with van der Waals surface area (Å²) in [6.07, 6.45) is 4.19. The van der Waals surface area contributed by atoms with Crippen LogP contribution in [0.25, 0.3) is 0 Å². The van der Waals surface area contributed by atoms with Crippen LogP contribution in [0.2, 0.25) is 0 Å². The molecule has 0 unspecified atom stereocenters. The molecule has 0 spiro atoms. The van der Waals surface area contributed by atoms with Gasteiger partial charge in [-0.25, -0.2) is 4.79 Å². The Balaban J connectivity index is 2.12. The maximum absolute atomic E-state index is 11.9. The number of hydrogen-bond acceptors (Lipinski definition) is 3. The van der Waals surface area contributed by atoms with Crippen LogP contribution >= 0.6 is 0 Å². The molecule has 1 rings (SSSR count). The van der Waals surface area contributed by atoms with E-state index < -0.39 is 5.97 Å². The Kier molecular flexibility index (Phi) is 6.84. The lowest BCUT2D eigenvalue weighted by Gasteiger charge is -2.30. The zero-order valence-corrected chi connectivity index (χ0v) is 11.9. The predicted molar refractivity (Wildman–Crippen MR) is 71.8 cm³/mol. The van der Waals surface area contributed by atoms with Gasteiger partial charge in [0, 0.05) is 12.5 Å². The van der Waals surface area contributed by atoms with Crippen LogP contribution in [0.15, 0.2) is 0 Å². The van der Waals surface area contributed by atoms with Gasteiger partial charge in [-0.05, 0) is 37.5 Å². The van der Waals surface area contributed by atoms with Crippen molar-refractivity contribution in [2.24, 2.45) is 17.8 Å². The Morgan fingerprint density at radius 2 is 1.89 bits per heavy atom. The maximum Gasteiger partial charge on any atom is 0.329 e. The lowest BCUT2D eigenvalue weighted by atomic mass is 9.77. The number of rotatable bonds is 7. The number of hydrogen-bond donors (Lipinski definition) is 2.